The van der Waals surface area contributed by atoms with Crippen LogP contribution in [-0.2, 0) is 14.8 Å². The van der Waals surface area contributed by atoms with Gasteiger partial charge in [-0.15, -0.1) is 0 Å². The highest BCUT2D eigenvalue weighted by atomic mass is 32.2. The summed E-state index contributed by atoms with van der Waals surface area (Å²) in [4.78, 5) is 11.8. The fourth-order valence-corrected chi connectivity index (χ4v) is 3.07. The number of carbonyl (C=O) groups is 1. The summed E-state index contributed by atoms with van der Waals surface area (Å²) >= 11 is 0. The van der Waals surface area contributed by atoms with E-state index in [1.54, 1.807) is 0 Å². The van der Waals surface area contributed by atoms with Gasteiger partial charge in [0.15, 0.2) is 0 Å². The summed E-state index contributed by atoms with van der Waals surface area (Å²) in [5.41, 5.74) is 5.05. The van der Waals surface area contributed by atoms with Crippen LogP contribution in [0.1, 0.15) is 26.7 Å². The van der Waals surface area contributed by atoms with Crippen LogP contribution >= 0.6 is 0 Å². The molecule has 0 saturated heterocycles. The van der Waals surface area contributed by atoms with Gasteiger partial charge in [-0.05, 0) is 44.5 Å². The maximum absolute atomic E-state index is 12.9. The first kappa shape index (κ1) is 19.5. The number of rotatable bonds is 8. The number of amides is 1. The molecule has 0 bridgehead atoms. The summed E-state index contributed by atoms with van der Waals surface area (Å²) in [6, 6.07) is 4.64. The van der Waals surface area contributed by atoms with Crippen LogP contribution in [0.3, 0.4) is 0 Å². The minimum absolute atomic E-state index is 0.0233. The van der Waals surface area contributed by atoms with Crippen LogP contribution in [0.5, 0.6) is 0 Å². The van der Waals surface area contributed by atoms with Crippen molar-refractivity contribution in [3.63, 3.8) is 0 Å². The second-order valence-corrected chi connectivity index (χ2v) is 8.07. The molecule has 1 rings (SSSR count). The molecule has 0 saturated carbocycles. The van der Waals surface area contributed by atoms with Crippen molar-refractivity contribution in [2.45, 2.75) is 37.1 Å². The average molecular weight is 345 g/mol. The van der Waals surface area contributed by atoms with Crippen molar-refractivity contribution in [1.29, 1.82) is 0 Å². The topological polar surface area (TPSA) is 92.5 Å². The fraction of sp³-hybridized carbons (Fsp3) is 0.533. The van der Waals surface area contributed by atoms with Gasteiger partial charge < -0.3 is 11.1 Å². The normalized spacial score (nSPS) is 12.4. The predicted octanol–water partition coefficient (Wildman–Crippen LogP) is 1.08. The Morgan fingerprint density at radius 1 is 1.30 bits per heavy atom. The zero-order valence-electron chi connectivity index (χ0n) is 13.7. The van der Waals surface area contributed by atoms with Crippen LogP contribution in [0.2, 0.25) is 0 Å². The molecule has 3 N–H and O–H groups in total. The Balaban J connectivity index is 2.54. The molecule has 1 amide bonds. The highest BCUT2D eigenvalue weighted by Crippen LogP contribution is 2.15. The van der Waals surface area contributed by atoms with E-state index in [2.05, 4.69) is 5.32 Å². The molecule has 0 spiro atoms. The van der Waals surface area contributed by atoms with E-state index in [0.29, 0.717) is 13.0 Å². The standard InChI is InChI=1S/C15H24FN3O3S/c1-15(2,11-17)18-14(20)5-4-10-19(3)23(21,22)13-8-6-12(16)7-9-13/h6-9H,4-5,10-11,17H2,1-3H3,(H,18,20). The lowest BCUT2D eigenvalue weighted by Crippen LogP contribution is -2.48. The van der Waals surface area contributed by atoms with Crippen molar-refractivity contribution in [3.05, 3.63) is 30.1 Å². The van der Waals surface area contributed by atoms with E-state index >= 15 is 0 Å². The van der Waals surface area contributed by atoms with E-state index in [1.807, 2.05) is 13.8 Å². The number of halogens is 1. The van der Waals surface area contributed by atoms with E-state index in [0.717, 1.165) is 16.4 Å². The van der Waals surface area contributed by atoms with Crippen LogP contribution < -0.4 is 11.1 Å². The number of nitrogens with two attached hydrogens (primary N) is 1. The van der Waals surface area contributed by atoms with Gasteiger partial charge in [0.2, 0.25) is 15.9 Å². The second-order valence-electron chi connectivity index (χ2n) is 6.02. The number of nitrogens with one attached hydrogen (secondary N) is 1. The minimum atomic E-state index is -3.68. The van der Waals surface area contributed by atoms with E-state index in [1.165, 1.54) is 19.2 Å². The van der Waals surface area contributed by atoms with Gasteiger partial charge in [0, 0.05) is 32.1 Å². The molecule has 0 aromatic heterocycles. The van der Waals surface area contributed by atoms with Gasteiger partial charge >= 0.3 is 0 Å². The Morgan fingerprint density at radius 3 is 2.39 bits per heavy atom. The van der Waals surface area contributed by atoms with E-state index < -0.39 is 21.4 Å². The number of benzene rings is 1. The maximum atomic E-state index is 12.9. The van der Waals surface area contributed by atoms with Crippen molar-refractivity contribution in [2.75, 3.05) is 20.1 Å². The van der Waals surface area contributed by atoms with Gasteiger partial charge in [-0.2, -0.15) is 0 Å². The van der Waals surface area contributed by atoms with Gasteiger partial charge in [0.05, 0.1) is 4.90 Å². The Morgan fingerprint density at radius 2 is 1.87 bits per heavy atom. The maximum Gasteiger partial charge on any atom is 0.242 e. The van der Waals surface area contributed by atoms with E-state index in [-0.39, 0.29) is 23.8 Å². The molecule has 130 valence electrons. The molecule has 0 aliphatic heterocycles. The molecule has 0 heterocycles. The summed E-state index contributed by atoms with van der Waals surface area (Å²) in [6.45, 7) is 4.14. The lowest BCUT2D eigenvalue weighted by Gasteiger charge is -2.24. The number of carbonyl (C=O) groups excluding carboxylic acids is 1. The molecule has 0 fully saturated rings. The predicted molar refractivity (Wildman–Crippen MR) is 86.7 cm³/mol. The van der Waals surface area contributed by atoms with Crippen LogP contribution in [0, 0.1) is 5.82 Å². The molecule has 0 radical (unpaired) electrons. The molecule has 0 unspecified atom stereocenters. The van der Waals surface area contributed by atoms with Crippen LogP contribution in [-0.4, -0.2) is 44.3 Å². The highest BCUT2D eigenvalue weighted by Gasteiger charge is 2.21. The third kappa shape index (κ3) is 5.89. The van der Waals surface area contributed by atoms with Crippen molar-refractivity contribution < 1.29 is 17.6 Å². The molecule has 23 heavy (non-hydrogen) atoms. The summed E-state index contributed by atoms with van der Waals surface area (Å²) < 4.78 is 38.6. The Kier molecular flexibility index (Phi) is 6.67. The molecule has 8 heteroatoms. The van der Waals surface area contributed by atoms with E-state index in [4.69, 9.17) is 5.73 Å². The van der Waals surface area contributed by atoms with Crippen LogP contribution in [0.25, 0.3) is 0 Å². The fourth-order valence-electron chi connectivity index (χ4n) is 1.86. The third-order valence-corrected chi connectivity index (χ3v) is 5.26. The molecule has 1 aromatic rings. The Bertz CT molecular complexity index is 630. The lowest BCUT2D eigenvalue weighted by molar-refractivity contribution is -0.122. The first-order valence-corrected chi connectivity index (χ1v) is 8.75. The number of hydrogen-bond acceptors (Lipinski definition) is 4. The zero-order valence-corrected chi connectivity index (χ0v) is 14.5. The smallest absolute Gasteiger partial charge is 0.242 e. The van der Waals surface area contributed by atoms with Crippen LogP contribution in [0.4, 0.5) is 4.39 Å². The first-order chi connectivity index (χ1) is 10.6. The van der Waals surface area contributed by atoms with Gasteiger partial charge in [-0.1, -0.05) is 0 Å². The molecule has 0 atom stereocenters. The van der Waals surface area contributed by atoms with Crippen molar-refractivity contribution in [3.8, 4) is 0 Å². The van der Waals surface area contributed by atoms with Crippen molar-refractivity contribution >= 4 is 15.9 Å². The summed E-state index contributed by atoms with van der Waals surface area (Å²) in [5.74, 6) is -0.668. The largest absolute Gasteiger partial charge is 0.350 e. The van der Waals surface area contributed by atoms with Gasteiger partial charge in [0.25, 0.3) is 0 Å². The minimum Gasteiger partial charge on any atom is -0.350 e. The molecule has 0 aliphatic rings. The van der Waals surface area contributed by atoms with Gasteiger partial charge in [-0.3, -0.25) is 4.79 Å². The number of hydrogen-bond donors (Lipinski definition) is 2. The summed E-state index contributed by atoms with van der Waals surface area (Å²) in [6.07, 6.45) is 0.579. The van der Waals surface area contributed by atoms with E-state index in [9.17, 15) is 17.6 Å². The van der Waals surface area contributed by atoms with Crippen molar-refractivity contribution in [2.24, 2.45) is 5.73 Å². The second kappa shape index (κ2) is 7.85. The molecule has 1 aromatic carbocycles. The average Bonchev–Trinajstić information content (AvgIpc) is 2.47. The molecular formula is C15H24FN3O3S. The van der Waals surface area contributed by atoms with Crippen molar-refractivity contribution in [1.82, 2.24) is 9.62 Å². The lowest BCUT2D eigenvalue weighted by atomic mass is 10.1. The first-order valence-electron chi connectivity index (χ1n) is 7.31. The van der Waals surface area contributed by atoms with Crippen LogP contribution in [0.15, 0.2) is 29.2 Å². The Hall–Kier alpha value is -1.51. The summed E-state index contributed by atoms with van der Waals surface area (Å²) in [7, 11) is -2.25. The SMILES string of the molecule is CN(CCCC(=O)NC(C)(C)CN)S(=O)(=O)c1ccc(F)cc1. The van der Waals surface area contributed by atoms with Gasteiger partial charge in [0.1, 0.15) is 5.82 Å². The third-order valence-electron chi connectivity index (χ3n) is 3.39. The molecular weight excluding hydrogens is 321 g/mol. The molecule has 0 aliphatic carbocycles. The number of sulfonamides is 1. The monoisotopic (exact) mass is 345 g/mol. The molecule has 6 nitrogen and oxygen atoms in total. The Labute approximate surface area is 136 Å². The highest BCUT2D eigenvalue weighted by molar-refractivity contribution is 7.89. The summed E-state index contributed by atoms with van der Waals surface area (Å²) in [5, 5.41) is 2.78. The van der Waals surface area contributed by atoms with Gasteiger partial charge in [-0.25, -0.2) is 17.1 Å². The zero-order chi connectivity index (χ0) is 17.7. The quantitative estimate of drug-likeness (QED) is 0.737. The number of nitrogens with zero attached hydrogens (tertiary/aromatic N) is 1.